The Kier molecular flexibility index (Phi) is 3.64. The Bertz CT molecular complexity index is 325. The molecule has 0 aliphatic heterocycles. The van der Waals surface area contributed by atoms with Crippen LogP contribution in [0.3, 0.4) is 0 Å². The van der Waals surface area contributed by atoms with E-state index in [2.05, 4.69) is 4.72 Å². The summed E-state index contributed by atoms with van der Waals surface area (Å²) in [6.07, 6.45) is 0.745. The van der Waals surface area contributed by atoms with E-state index in [1.807, 2.05) is 6.92 Å². The Morgan fingerprint density at radius 2 is 2.15 bits per heavy atom. The first-order chi connectivity index (χ1) is 6.27. The number of para-hydroxylation sites is 1. The van der Waals surface area contributed by atoms with Gasteiger partial charge in [-0.3, -0.25) is 4.79 Å². The van der Waals surface area contributed by atoms with Crippen LogP contribution in [0, 0.1) is 0 Å². The number of anilines is 1. The fourth-order valence-corrected chi connectivity index (χ4v) is 1.46. The van der Waals surface area contributed by atoms with E-state index in [1.165, 1.54) is 0 Å². The quantitative estimate of drug-likeness (QED) is 0.745. The Labute approximate surface area is 79.7 Å². The van der Waals surface area contributed by atoms with Crippen molar-refractivity contribution >= 4 is 23.0 Å². The Morgan fingerprint density at radius 1 is 1.46 bits per heavy atom. The predicted molar refractivity (Wildman–Crippen MR) is 54.1 cm³/mol. The van der Waals surface area contributed by atoms with Gasteiger partial charge in [-0.2, -0.15) is 0 Å². The van der Waals surface area contributed by atoms with Gasteiger partial charge in [-0.05, 0) is 12.1 Å². The van der Waals surface area contributed by atoms with Crippen molar-refractivity contribution in [2.45, 2.75) is 6.92 Å². The maximum atomic E-state index is 11.1. The summed E-state index contributed by atoms with van der Waals surface area (Å²) in [5, 5.41) is 0. The van der Waals surface area contributed by atoms with Crippen molar-refractivity contribution in [3.05, 3.63) is 29.8 Å². The molecule has 70 valence electrons. The summed E-state index contributed by atoms with van der Waals surface area (Å²) < 4.78 is 13.9. The minimum Gasteiger partial charge on any atom is -0.304 e. The van der Waals surface area contributed by atoms with Gasteiger partial charge in [0.25, 0.3) is 0 Å². The normalized spacial score (nSPS) is 12.1. The lowest BCUT2D eigenvalue weighted by Crippen LogP contribution is -2.07. The molecule has 0 spiro atoms. The second kappa shape index (κ2) is 4.77. The van der Waals surface area contributed by atoms with Crippen LogP contribution in [0.25, 0.3) is 0 Å². The summed E-state index contributed by atoms with van der Waals surface area (Å²) in [5.74, 6) is 0.521. The van der Waals surface area contributed by atoms with E-state index in [1.54, 1.807) is 24.3 Å². The van der Waals surface area contributed by atoms with E-state index in [4.69, 9.17) is 0 Å². The smallest absolute Gasteiger partial charge is 0.152 e. The molecule has 1 aromatic rings. The maximum Gasteiger partial charge on any atom is 0.152 e. The summed E-state index contributed by atoms with van der Waals surface area (Å²) in [6, 6.07) is 6.98. The van der Waals surface area contributed by atoms with E-state index >= 15 is 0 Å². The molecule has 0 amide bonds. The third kappa shape index (κ3) is 2.66. The Morgan fingerprint density at radius 3 is 2.77 bits per heavy atom. The minimum absolute atomic E-state index is 0.521. The first kappa shape index (κ1) is 9.92. The molecule has 1 rings (SSSR count). The second-order valence-electron chi connectivity index (χ2n) is 2.44. The second-order valence-corrected chi connectivity index (χ2v) is 3.91. The third-order valence-electron chi connectivity index (χ3n) is 1.57. The molecule has 0 radical (unpaired) electrons. The molecule has 0 saturated carbocycles. The number of carbonyl (C=O) groups is 1. The van der Waals surface area contributed by atoms with Crippen molar-refractivity contribution in [2.24, 2.45) is 0 Å². The molecule has 4 heteroatoms. The van der Waals surface area contributed by atoms with Crippen LogP contribution >= 0.6 is 0 Å². The van der Waals surface area contributed by atoms with E-state index in [0.29, 0.717) is 17.0 Å². The molecule has 13 heavy (non-hydrogen) atoms. The summed E-state index contributed by atoms with van der Waals surface area (Å²) in [6.45, 7) is 1.81. The van der Waals surface area contributed by atoms with Crippen molar-refractivity contribution in [3.63, 3.8) is 0 Å². The zero-order chi connectivity index (χ0) is 9.68. The molecule has 0 saturated heterocycles. The van der Waals surface area contributed by atoms with Gasteiger partial charge in [-0.25, -0.2) is 4.21 Å². The molecule has 3 nitrogen and oxygen atoms in total. The topological polar surface area (TPSA) is 46.2 Å². The van der Waals surface area contributed by atoms with E-state index in [0.717, 1.165) is 6.29 Å². The van der Waals surface area contributed by atoms with Gasteiger partial charge in [0.2, 0.25) is 0 Å². The lowest BCUT2D eigenvalue weighted by Gasteiger charge is -2.05. The maximum absolute atomic E-state index is 11.1. The van der Waals surface area contributed by atoms with Gasteiger partial charge in [0, 0.05) is 11.3 Å². The molecule has 0 bridgehead atoms. The lowest BCUT2D eigenvalue weighted by molar-refractivity contribution is 0.112. The number of nitrogens with one attached hydrogen (secondary N) is 1. The van der Waals surface area contributed by atoms with Crippen LogP contribution in [-0.2, 0) is 11.0 Å². The van der Waals surface area contributed by atoms with Crippen molar-refractivity contribution in [1.29, 1.82) is 0 Å². The standard InChI is InChI=1S/C9H11NO2S/c1-2-13(12)10-9-6-4-3-5-8(9)7-11/h3-7,10H,2H2,1H3. The molecule has 0 heterocycles. The first-order valence-electron chi connectivity index (χ1n) is 3.97. The largest absolute Gasteiger partial charge is 0.304 e. The van der Waals surface area contributed by atoms with Gasteiger partial charge < -0.3 is 4.72 Å². The average Bonchev–Trinajstić information content (AvgIpc) is 2.18. The van der Waals surface area contributed by atoms with E-state index < -0.39 is 11.0 Å². The van der Waals surface area contributed by atoms with Gasteiger partial charge >= 0.3 is 0 Å². The molecule has 0 aliphatic rings. The van der Waals surface area contributed by atoms with Gasteiger partial charge in [0.1, 0.15) is 11.0 Å². The molecular formula is C9H11NO2S. The number of hydrogen-bond acceptors (Lipinski definition) is 2. The predicted octanol–water partition coefficient (Wildman–Crippen LogP) is 1.59. The highest BCUT2D eigenvalue weighted by Gasteiger charge is 2.01. The summed E-state index contributed by atoms with van der Waals surface area (Å²) >= 11 is 0. The van der Waals surface area contributed by atoms with Crippen molar-refractivity contribution < 1.29 is 9.00 Å². The van der Waals surface area contributed by atoms with Crippen molar-refractivity contribution in [3.8, 4) is 0 Å². The molecular weight excluding hydrogens is 186 g/mol. The minimum atomic E-state index is -1.10. The SMILES string of the molecule is CCS(=O)Nc1ccccc1C=O. The van der Waals surface area contributed by atoms with Gasteiger partial charge in [0.05, 0.1) is 5.69 Å². The fraction of sp³-hybridized carbons (Fsp3) is 0.222. The number of hydrogen-bond donors (Lipinski definition) is 1. The molecule has 1 atom stereocenters. The van der Waals surface area contributed by atoms with Gasteiger partial charge in [-0.1, -0.05) is 19.1 Å². The highest BCUT2D eigenvalue weighted by Crippen LogP contribution is 2.12. The highest BCUT2D eigenvalue weighted by molar-refractivity contribution is 7.86. The Hall–Kier alpha value is -1.16. The highest BCUT2D eigenvalue weighted by atomic mass is 32.2. The molecule has 1 unspecified atom stereocenters. The summed E-state index contributed by atoms with van der Waals surface area (Å²) in [4.78, 5) is 10.6. The molecule has 0 fully saturated rings. The number of aldehydes is 1. The van der Waals surface area contributed by atoms with Gasteiger partial charge in [-0.15, -0.1) is 0 Å². The monoisotopic (exact) mass is 197 g/mol. The zero-order valence-corrected chi connectivity index (χ0v) is 8.14. The van der Waals surface area contributed by atoms with Crippen molar-refractivity contribution in [1.82, 2.24) is 0 Å². The van der Waals surface area contributed by atoms with E-state index in [-0.39, 0.29) is 0 Å². The fourth-order valence-electron chi connectivity index (χ4n) is 0.888. The van der Waals surface area contributed by atoms with Crippen LogP contribution < -0.4 is 4.72 Å². The number of benzene rings is 1. The number of carbonyl (C=O) groups excluding carboxylic acids is 1. The van der Waals surface area contributed by atoms with Crippen LogP contribution in [0.4, 0.5) is 5.69 Å². The first-order valence-corrected chi connectivity index (χ1v) is 5.29. The van der Waals surface area contributed by atoms with E-state index in [9.17, 15) is 9.00 Å². The van der Waals surface area contributed by atoms with Crippen LogP contribution in [0.2, 0.25) is 0 Å². The third-order valence-corrected chi connectivity index (χ3v) is 2.55. The van der Waals surface area contributed by atoms with Gasteiger partial charge in [0.15, 0.2) is 6.29 Å². The van der Waals surface area contributed by atoms with Crippen molar-refractivity contribution in [2.75, 3.05) is 10.5 Å². The molecule has 1 N–H and O–H groups in total. The summed E-state index contributed by atoms with van der Waals surface area (Å²) in [5.41, 5.74) is 1.15. The zero-order valence-electron chi connectivity index (χ0n) is 7.32. The summed E-state index contributed by atoms with van der Waals surface area (Å²) in [7, 11) is -1.10. The van der Waals surface area contributed by atoms with Crippen LogP contribution in [0.1, 0.15) is 17.3 Å². The molecule has 0 aromatic heterocycles. The molecule has 1 aromatic carbocycles. The van der Waals surface area contributed by atoms with Crippen LogP contribution in [-0.4, -0.2) is 16.2 Å². The lowest BCUT2D eigenvalue weighted by atomic mass is 10.2. The van der Waals surface area contributed by atoms with Crippen LogP contribution in [0.5, 0.6) is 0 Å². The molecule has 0 aliphatic carbocycles. The Balaban J connectivity index is 2.87. The number of rotatable bonds is 4. The van der Waals surface area contributed by atoms with Crippen LogP contribution in [0.15, 0.2) is 24.3 Å². The average molecular weight is 197 g/mol.